The molecule has 2 N–H and O–H groups in total. The summed E-state index contributed by atoms with van der Waals surface area (Å²) < 4.78 is 0. The second-order valence-corrected chi connectivity index (χ2v) is 10.4. The van der Waals surface area contributed by atoms with E-state index < -0.39 is 0 Å². The van der Waals surface area contributed by atoms with Gasteiger partial charge in [-0.15, -0.1) is 0 Å². The van der Waals surface area contributed by atoms with Crippen molar-refractivity contribution in [3.63, 3.8) is 0 Å². The molecule has 3 fully saturated rings. The number of amides is 4. The number of urea groups is 1. The van der Waals surface area contributed by atoms with Gasteiger partial charge in [0, 0.05) is 32.7 Å². The van der Waals surface area contributed by atoms with E-state index in [4.69, 9.17) is 0 Å². The van der Waals surface area contributed by atoms with Crippen LogP contribution in [0, 0.1) is 5.92 Å². The number of likely N-dealkylation sites (N-methyl/N-ethyl adjacent to an activating group) is 2. The Kier molecular flexibility index (Phi) is 7.17. The molecule has 1 aromatic carbocycles. The van der Waals surface area contributed by atoms with Crippen LogP contribution in [0.5, 0.6) is 0 Å². The molecule has 34 heavy (non-hydrogen) atoms. The maximum Gasteiger partial charge on any atom is 0.321 e. The molecule has 1 saturated heterocycles. The molecule has 8 nitrogen and oxygen atoms in total. The van der Waals surface area contributed by atoms with Crippen LogP contribution in [0.15, 0.2) is 30.3 Å². The molecule has 1 aromatic rings. The molecule has 4 rings (SSSR count). The number of benzene rings is 1. The average molecular weight is 470 g/mol. The molecule has 1 spiro atoms. The highest BCUT2D eigenvalue weighted by molar-refractivity contribution is 5.88. The van der Waals surface area contributed by atoms with Crippen molar-refractivity contribution in [2.24, 2.45) is 5.92 Å². The summed E-state index contributed by atoms with van der Waals surface area (Å²) in [5.41, 5.74) is 0.973. The van der Waals surface area contributed by atoms with Crippen molar-refractivity contribution in [1.82, 2.24) is 25.3 Å². The Morgan fingerprint density at radius 3 is 2.32 bits per heavy atom. The van der Waals surface area contributed by atoms with Gasteiger partial charge in [0.25, 0.3) is 0 Å². The summed E-state index contributed by atoms with van der Waals surface area (Å²) in [7, 11) is 5.20. The molecule has 0 radical (unpaired) electrons. The van der Waals surface area contributed by atoms with Gasteiger partial charge in [0.2, 0.25) is 11.8 Å². The fraction of sp³-hybridized carbons (Fsp3) is 0.654. The van der Waals surface area contributed by atoms with E-state index in [1.54, 1.807) is 19.0 Å². The van der Waals surface area contributed by atoms with Crippen LogP contribution in [0.3, 0.4) is 0 Å². The van der Waals surface area contributed by atoms with E-state index in [2.05, 4.69) is 39.8 Å². The summed E-state index contributed by atoms with van der Waals surface area (Å²) in [6.45, 7) is 1.38. The Hall–Kier alpha value is -2.61. The Bertz CT molecular complexity index is 893. The number of carbonyl (C=O) groups excluding carboxylic acids is 3. The standard InChI is InChI=1S/C26H39N5O3/c1-27-22(32)17-29(3)23(33)18-30-19-25(31(24(30)34)16-20-8-7-9-20)12-14-26(28-2,15-13-25)21-10-5-4-6-11-21/h4-6,10-11,20,28H,7-9,12-19H2,1-3H3,(H,27,32)/t25-,26+. The smallest absolute Gasteiger partial charge is 0.321 e. The van der Waals surface area contributed by atoms with Crippen LogP contribution in [0.2, 0.25) is 0 Å². The van der Waals surface area contributed by atoms with Gasteiger partial charge in [-0.2, -0.15) is 0 Å². The largest absolute Gasteiger partial charge is 0.358 e. The van der Waals surface area contributed by atoms with Crippen LogP contribution >= 0.6 is 0 Å². The summed E-state index contributed by atoms with van der Waals surface area (Å²) in [6, 6.07) is 10.6. The number of nitrogens with one attached hydrogen (secondary N) is 2. The Morgan fingerprint density at radius 1 is 1.09 bits per heavy atom. The summed E-state index contributed by atoms with van der Waals surface area (Å²) in [5, 5.41) is 6.14. The van der Waals surface area contributed by atoms with E-state index >= 15 is 0 Å². The third-order valence-electron chi connectivity index (χ3n) is 8.48. The minimum absolute atomic E-state index is 0.00391. The zero-order valence-corrected chi connectivity index (χ0v) is 20.8. The first-order valence-electron chi connectivity index (χ1n) is 12.6. The maximum atomic E-state index is 13.6. The highest BCUT2D eigenvalue weighted by atomic mass is 16.2. The highest BCUT2D eigenvalue weighted by Gasteiger charge is 2.54. The first-order valence-corrected chi connectivity index (χ1v) is 12.6. The third-order valence-corrected chi connectivity index (χ3v) is 8.48. The van der Waals surface area contributed by atoms with E-state index in [-0.39, 0.29) is 42.0 Å². The first-order chi connectivity index (χ1) is 16.3. The van der Waals surface area contributed by atoms with Crippen molar-refractivity contribution in [3.05, 3.63) is 35.9 Å². The van der Waals surface area contributed by atoms with E-state index in [1.807, 2.05) is 13.1 Å². The van der Waals surface area contributed by atoms with E-state index in [9.17, 15) is 14.4 Å². The number of rotatable bonds is 8. The van der Waals surface area contributed by atoms with Gasteiger partial charge in [-0.3, -0.25) is 9.59 Å². The Morgan fingerprint density at radius 2 is 1.76 bits per heavy atom. The van der Waals surface area contributed by atoms with Gasteiger partial charge >= 0.3 is 6.03 Å². The lowest BCUT2D eigenvalue weighted by molar-refractivity contribution is -0.134. The highest BCUT2D eigenvalue weighted by Crippen LogP contribution is 2.47. The molecule has 1 heterocycles. The Balaban J connectivity index is 1.50. The van der Waals surface area contributed by atoms with Gasteiger partial charge in [-0.1, -0.05) is 36.8 Å². The minimum atomic E-state index is -0.235. The summed E-state index contributed by atoms with van der Waals surface area (Å²) in [5.74, 6) is 0.142. The fourth-order valence-corrected chi connectivity index (χ4v) is 5.89. The molecule has 2 saturated carbocycles. The second-order valence-electron chi connectivity index (χ2n) is 10.4. The molecule has 0 atom stereocenters. The quantitative estimate of drug-likeness (QED) is 0.611. The van der Waals surface area contributed by atoms with Crippen molar-refractivity contribution < 1.29 is 14.4 Å². The van der Waals surface area contributed by atoms with Crippen LogP contribution in [0.1, 0.15) is 50.5 Å². The summed E-state index contributed by atoms with van der Waals surface area (Å²) in [4.78, 5) is 43.3. The SMILES string of the molecule is CNC(=O)CN(C)C(=O)CN1C[C@]2(CC[C@@](NC)(c3ccccc3)CC2)N(CC2CCC2)C1=O. The monoisotopic (exact) mass is 469 g/mol. The first kappa shape index (κ1) is 24.5. The lowest BCUT2D eigenvalue weighted by Crippen LogP contribution is -2.56. The number of carbonyl (C=O) groups is 3. The normalized spacial score (nSPS) is 27.1. The molecule has 3 aliphatic rings. The average Bonchev–Trinajstić information content (AvgIpc) is 3.07. The van der Waals surface area contributed by atoms with Crippen molar-refractivity contribution in [3.8, 4) is 0 Å². The molecule has 4 amide bonds. The molecule has 186 valence electrons. The van der Waals surface area contributed by atoms with Gasteiger partial charge in [0.1, 0.15) is 6.54 Å². The van der Waals surface area contributed by atoms with Crippen molar-refractivity contribution >= 4 is 17.8 Å². The molecule has 0 aromatic heterocycles. The van der Waals surface area contributed by atoms with Crippen LogP contribution in [-0.4, -0.2) is 85.4 Å². The molecule has 8 heteroatoms. The molecule has 1 aliphatic heterocycles. The molecular weight excluding hydrogens is 430 g/mol. The van der Waals surface area contributed by atoms with Gasteiger partial charge in [-0.05, 0) is 57.1 Å². The third kappa shape index (κ3) is 4.65. The molecule has 0 bridgehead atoms. The van der Waals surface area contributed by atoms with Crippen LogP contribution in [-0.2, 0) is 15.1 Å². The molecule has 0 unspecified atom stereocenters. The van der Waals surface area contributed by atoms with Crippen LogP contribution in [0.4, 0.5) is 4.79 Å². The predicted octanol–water partition coefficient (Wildman–Crippen LogP) is 2.16. The second kappa shape index (κ2) is 9.94. The topological polar surface area (TPSA) is 85.0 Å². The summed E-state index contributed by atoms with van der Waals surface area (Å²) in [6.07, 6.45) is 7.29. The molecular formula is C26H39N5O3. The number of hydrogen-bond acceptors (Lipinski definition) is 4. The van der Waals surface area contributed by atoms with Crippen LogP contribution < -0.4 is 10.6 Å². The van der Waals surface area contributed by atoms with E-state index in [1.165, 1.54) is 29.7 Å². The zero-order valence-electron chi connectivity index (χ0n) is 20.8. The predicted molar refractivity (Wildman–Crippen MR) is 131 cm³/mol. The van der Waals surface area contributed by atoms with Gasteiger partial charge in [0.15, 0.2) is 0 Å². The van der Waals surface area contributed by atoms with Crippen molar-refractivity contribution in [1.29, 1.82) is 0 Å². The number of hydrogen-bond donors (Lipinski definition) is 2. The lowest BCUT2D eigenvalue weighted by Gasteiger charge is -2.49. The van der Waals surface area contributed by atoms with Crippen molar-refractivity contribution in [2.75, 3.05) is 47.3 Å². The lowest BCUT2D eigenvalue weighted by atomic mass is 9.68. The van der Waals surface area contributed by atoms with Gasteiger partial charge < -0.3 is 25.3 Å². The van der Waals surface area contributed by atoms with Gasteiger partial charge in [0.05, 0.1) is 12.1 Å². The Labute approximate surface area is 203 Å². The van der Waals surface area contributed by atoms with E-state index in [0.29, 0.717) is 12.5 Å². The minimum Gasteiger partial charge on any atom is -0.358 e. The van der Waals surface area contributed by atoms with E-state index in [0.717, 1.165) is 32.2 Å². The zero-order chi connectivity index (χ0) is 24.3. The summed E-state index contributed by atoms with van der Waals surface area (Å²) >= 11 is 0. The van der Waals surface area contributed by atoms with Gasteiger partial charge in [-0.25, -0.2) is 4.79 Å². The van der Waals surface area contributed by atoms with Crippen molar-refractivity contribution in [2.45, 2.75) is 56.0 Å². The number of nitrogens with zero attached hydrogens (tertiary/aromatic N) is 3. The molecule has 2 aliphatic carbocycles. The van der Waals surface area contributed by atoms with Crippen LogP contribution in [0.25, 0.3) is 0 Å². The maximum absolute atomic E-state index is 13.6. The fourth-order valence-electron chi connectivity index (χ4n) is 5.89.